The number of carbonyl (C=O) groups is 1. The van der Waals surface area contributed by atoms with Crippen LogP contribution in [-0.4, -0.2) is 52.3 Å². The lowest BCUT2D eigenvalue weighted by Crippen LogP contribution is -2.48. The predicted octanol–water partition coefficient (Wildman–Crippen LogP) is 4.88. The van der Waals surface area contributed by atoms with Crippen LogP contribution in [0.2, 0.25) is 0 Å². The molecular weight excluding hydrogens is 440 g/mol. The van der Waals surface area contributed by atoms with Crippen LogP contribution < -0.4 is 4.74 Å². The van der Waals surface area contributed by atoms with Crippen molar-refractivity contribution in [3.05, 3.63) is 84.6 Å². The summed E-state index contributed by atoms with van der Waals surface area (Å²) in [6.07, 6.45) is 5.69. The number of benzene rings is 2. The van der Waals surface area contributed by atoms with Gasteiger partial charge < -0.3 is 14.9 Å². The number of hydrogen-bond acceptors (Lipinski definition) is 5. The normalized spacial score (nSPS) is 20.3. The highest BCUT2D eigenvalue weighted by atomic mass is 16.5. The van der Waals surface area contributed by atoms with Crippen LogP contribution in [0.25, 0.3) is 10.9 Å². The van der Waals surface area contributed by atoms with Gasteiger partial charge in [0.1, 0.15) is 5.75 Å². The van der Waals surface area contributed by atoms with Crippen molar-refractivity contribution in [3.8, 4) is 5.75 Å². The topological polar surface area (TPSA) is 82.9 Å². The summed E-state index contributed by atoms with van der Waals surface area (Å²) in [7, 11) is 1.61. The molecule has 3 aromatic rings. The number of carboxylic acid groups (broad SMARTS) is 1. The van der Waals surface area contributed by atoms with Crippen molar-refractivity contribution in [3.63, 3.8) is 0 Å². The van der Waals surface area contributed by atoms with E-state index in [0.717, 1.165) is 35.9 Å². The molecule has 4 atom stereocenters. The number of piperidine rings is 1. The largest absolute Gasteiger partial charge is 0.497 e. The number of likely N-dealkylation sites (tertiary alicyclic amines) is 1. The van der Waals surface area contributed by atoms with Crippen molar-refractivity contribution in [2.75, 3.05) is 20.2 Å². The molecule has 184 valence electrons. The molecule has 1 aromatic heterocycles. The fraction of sp³-hybridized carbons (Fsp3) is 0.379. The molecule has 2 heterocycles. The predicted molar refractivity (Wildman–Crippen MR) is 137 cm³/mol. The molecule has 1 aliphatic heterocycles. The van der Waals surface area contributed by atoms with Gasteiger partial charge in [0, 0.05) is 24.2 Å². The first-order chi connectivity index (χ1) is 17.0. The summed E-state index contributed by atoms with van der Waals surface area (Å²) in [5.41, 5.74) is 2.82. The van der Waals surface area contributed by atoms with E-state index in [2.05, 4.69) is 28.6 Å². The number of methoxy groups -OCH3 is 1. The summed E-state index contributed by atoms with van der Waals surface area (Å²) in [4.78, 5) is 18.8. The summed E-state index contributed by atoms with van der Waals surface area (Å²) in [5.74, 6) is -0.507. The molecule has 2 aromatic carbocycles. The first kappa shape index (κ1) is 24.9. The highest BCUT2D eigenvalue weighted by Gasteiger charge is 2.36. The van der Waals surface area contributed by atoms with Gasteiger partial charge in [-0.25, -0.2) is 0 Å². The molecule has 0 amide bonds. The molecule has 2 N–H and O–H groups in total. The van der Waals surface area contributed by atoms with Crippen LogP contribution in [0.15, 0.2) is 73.4 Å². The van der Waals surface area contributed by atoms with Crippen molar-refractivity contribution in [2.24, 2.45) is 11.8 Å². The molecule has 0 saturated carbocycles. The van der Waals surface area contributed by atoms with E-state index in [1.165, 1.54) is 5.56 Å². The number of rotatable bonds is 10. The zero-order valence-corrected chi connectivity index (χ0v) is 20.2. The number of hydrogen-bond donors (Lipinski definition) is 2. The molecule has 1 aliphatic rings. The SMILES string of the molecule is C=C[C@H](Cc1ccccc1)N1CC[C@@H](CC[C@@H](O)c2ccnc3ccc(OC)cc23)[C@@H](C(=O)O)C1. The van der Waals surface area contributed by atoms with Gasteiger partial charge in [0.05, 0.1) is 24.6 Å². The first-order valence-electron chi connectivity index (χ1n) is 12.2. The Morgan fingerprint density at radius 2 is 2.06 bits per heavy atom. The quantitative estimate of drug-likeness (QED) is 0.408. The van der Waals surface area contributed by atoms with Gasteiger partial charge in [0.15, 0.2) is 0 Å². The van der Waals surface area contributed by atoms with Gasteiger partial charge in [-0.2, -0.15) is 0 Å². The molecule has 0 aliphatic carbocycles. The Bertz CT molecular complexity index is 1150. The van der Waals surface area contributed by atoms with E-state index in [9.17, 15) is 15.0 Å². The Kier molecular flexibility index (Phi) is 8.16. The summed E-state index contributed by atoms with van der Waals surface area (Å²) in [6.45, 7) is 5.33. The number of pyridine rings is 1. The van der Waals surface area contributed by atoms with Gasteiger partial charge in [-0.05, 0) is 73.5 Å². The number of carboxylic acids is 1. The second kappa shape index (κ2) is 11.5. The second-order valence-corrected chi connectivity index (χ2v) is 9.36. The zero-order valence-electron chi connectivity index (χ0n) is 20.2. The van der Waals surface area contributed by atoms with E-state index in [-0.39, 0.29) is 12.0 Å². The average molecular weight is 475 g/mol. The third-order valence-electron chi connectivity index (χ3n) is 7.29. The van der Waals surface area contributed by atoms with Crippen LogP contribution in [0.4, 0.5) is 0 Å². The Morgan fingerprint density at radius 1 is 1.26 bits per heavy atom. The van der Waals surface area contributed by atoms with E-state index in [4.69, 9.17) is 4.74 Å². The third-order valence-corrected chi connectivity index (χ3v) is 7.29. The summed E-state index contributed by atoms with van der Waals surface area (Å²) in [5, 5.41) is 21.9. The van der Waals surface area contributed by atoms with E-state index >= 15 is 0 Å². The highest BCUT2D eigenvalue weighted by Crippen LogP contribution is 2.34. The highest BCUT2D eigenvalue weighted by molar-refractivity contribution is 5.83. The number of fused-ring (bicyclic) bond motifs is 1. The molecule has 0 unspecified atom stereocenters. The van der Waals surface area contributed by atoms with Gasteiger partial charge in [-0.3, -0.25) is 14.7 Å². The van der Waals surface area contributed by atoms with Crippen molar-refractivity contribution < 1.29 is 19.7 Å². The third kappa shape index (κ3) is 5.89. The Balaban J connectivity index is 1.42. The van der Waals surface area contributed by atoms with Crippen LogP contribution in [-0.2, 0) is 11.2 Å². The van der Waals surface area contributed by atoms with Crippen LogP contribution in [0, 0.1) is 11.8 Å². The summed E-state index contributed by atoms with van der Waals surface area (Å²) in [6, 6.07) is 17.8. The van der Waals surface area contributed by atoms with E-state index in [1.54, 1.807) is 13.3 Å². The average Bonchev–Trinajstić information content (AvgIpc) is 2.90. The molecule has 1 fully saturated rings. The second-order valence-electron chi connectivity index (χ2n) is 9.36. The minimum absolute atomic E-state index is 0.0169. The van der Waals surface area contributed by atoms with Crippen molar-refractivity contribution >= 4 is 16.9 Å². The summed E-state index contributed by atoms with van der Waals surface area (Å²) >= 11 is 0. The number of aliphatic hydroxyl groups excluding tert-OH is 1. The van der Waals surface area contributed by atoms with Gasteiger partial charge in [0.2, 0.25) is 0 Å². The number of aliphatic hydroxyl groups is 1. The van der Waals surface area contributed by atoms with E-state index < -0.39 is 18.0 Å². The van der Waals surface area contributed by atoms with E-state index in [1.807, 2.05) is 48.5 Å². The van der Waals surface area contributed by atoms with Crippen LogP contribution >= 0.6 is 0 Å². The lowest BCUT2D eigenvalue weighted by atomic mass is 9.80. The molecule has 4 rings (SSSR count). The van der Waals surface area contributed by atoms with Crippen molar-refractivity contribution in [1.82, 2.24) is 9.88 Å². The number of aromatic nitrogens is 1. The standard InChI is InChI=1S/C29H34N2O4/c1-3-22(17-20-7-5-4-6-8-20)31-16-14-21(26(19-31)29(33)34)9-12-28(32)24-13-15-30-27-11-10-23(35-2)18-25(24)27/h3-8,10-11,13,15,18,21-22,26,28,32H,1,9,12,14,16-17,19H2,2H3,(H,33,34)/t21-,22-,26+,28-/m1/s1. The number of aliphatic carboxylic acids is 1. The lowest BCUT2D eigenvalue weighted by molar-refractivity contribution is -0.146. The van der Waals surface area contributed by atoms with Crippen LogP contribution in [0.3, 0.4) is 0 Å². The Morgan fingerprint density at radius 3 is 2.77 bits per heavy atom. The fourth-order valence-corrected chi connectivity index (χ4v) is 5.26. The molecule has 0 spiro atoms. The van der Waals surface area contributed by atoms with Gasteiger partial charge in [-0.15, -0.1) is 6.58 Å². The zero-order chi connectivity index (χ0) is 24.8. The van der Waals surface area contributed by atoms with Gasteiger partial charge in [-0.1, -0.05) is 36.4 Å². The fourth-order valence-electron chi connectivity index (χ4n) is 5.26. The molecule has 6 nitrogen and oxygen atoms in total. The Labute approximate surface area is 206 Å². The first-order valence-corrected chi connectivity index (χ1v) is 12.2. The lowest BCUT2D eigenvalue weighted by Gasteiger charge is -2.40. The summed E-state index contributed by atoms with van der Waals surface area (Å²) < 4.78 is 5.34. The maximum atomic E-state index is 12.2. The molecule has 35 heavy (non-hydrogen) atoms. The smallest absolute Gasteiger partial charge is 0.308 e. The van der Waals surface area contributed by atoms with Crippen LogP contribution in [0.5, 0.6) is 5.75 Å². The number of nitrogens with zero attached hydrogens (tertiary/aromatic N) is 2. The molecule has 6 heteroatoms. The Hall–Kier alpha value is -3.22. The molecule has 1 saturated heterocycles. The maximum Gasteiger partial charge on any atom is 0.308 e. The molecule has 0 radical (unpaired) electrons. The monoisotopic (exact) mass is 474 g/mol. The maximum absolute atomic E-state index is 12.2. The van der Waals surface area contributed by atoms with Gasteiger partial charge >= 0.3 is 5.97 Å². The minimum atomic E-state index is -0.768. The molecule has 0 bridgehead atoms. The van der Waals surface area contributed by atoms with Gasteiger partial charge in [0.25, 0.3) is 0 Å². The van der Waals surface area contributed by atoms with E-state index in [0.29, 0.717) is 25.1 Å². The molecular formula is C29H34N2O4. The number of ether oxygens (including phenoxy) is 1. The van der Waals surface area contributed by atoms with Crippen molar-refractivity contribution in [2.45, 2.75) is 37.8 Å². The van der Waals surface area contributed by atoms with Crippen LogP contribution in [0.1, 0.15) is 36.5 Å². The van der Waals surface area contributed by atoms with Crippen molar-refractivity contribution in [1.29, 1.82) is 0 Å². The minimum Gasteiger partial charge on any atom is -0.497 e.